The number of aromatic hydroxyl groups is 1. The smallest absolute Gasteiger partial charge is 0.319 e. The van der Waals surface area contributed by atoms with E-state index in [4.69, 9.17) is 20.9 Å². The quantitative estimate of drug-likeness (QED) is 0.272. The second-order valence-electron chi connectivity index (χ2n) is 12.8. The number of hydrogen-bond acceptors (Lipinski definition) is 8. The van der Waals surface area contributed by atoms with Gasteiger partial charge in [-0.2, -0.15) is 9.97 Å². The van der Waals surface area contributed by atoms with E-state index in [2.05, 4.69) is 32.7 Å². The molecule has 0 amide bonds. The molecule has 10 heteroatoms. The Morgan fingerprint density at radius 2 is 2.00 bits per heavy atom. The molecule has 0 radical (unpaired) electrons. The van der Waals surface area contributed by atoms with Crippen molar-refractivity contribution in [3.63, 3.8) is 0 Å². The molecule has 3 atom stereocenters. The van der Waals surface area contributed by atoms with E-state index in [0.717, 1.165) is 45.1 Å². The minimum atomic E-state index is -0.728. The number of halogens is 2. The molecule has 4 heterocycles. The highest BCUT2D eigenvalue weighted by Gasteiger charge is 2.47. The normalized spacial score (nSPS) is 24.0. The van der Waals surface area contributed by atoms with Crippen LogP contribution < -0.4 is 9.64 Å². The van der Waals surface area contributed by atoms with E-state index < -0.39 is 11.6 Å². The van der Waals surface area contributed by atoms with Gasteiger partial charge < -0.3 is 24.4 Å². The number of piperidine rings is 1. The van der Waals surface area contributed by atoms with Crippen LogP contribution in [0.1, 0.15) is 51.0 Å². The Balaban J connectivity index is 1.38. The molecule has 8 nitrogen and oxygen atoms in total. The van der Waals surface area contributed by atoms with Crippen LogP contribution in [0.15, 0.2) is 30.5 Å². The first kappa shape index (κ1) is 29.6. The van der Waals surface area contributed by atoms with Crippen LogP contribution in [-0.2, 0) is 4.74 Å². The van der Waals surface area contributed by atoms with E-state index in [1.807, 2.05) is 6.92 Å². The predicted molar refractivity (Wildman–Crippen MR) is 169 cm³/mol. The van der Waals surface area contributed by atoms with Crippen LogP contribution in [0.3, 0.4) is 0 Å². The van der Waals surface area contributed by atoms with Gasteiger partial charge in [-0.05, 0) is 76.2 Å². The first-order valence-electron chi connectivity index (χ1n) is 15.8. The van der Waals surface area contributed by atoms with Crippen molar-refractivity contribution >= 4 is 27.5 Å². The molecule has 1 N–H and O–H groups in total. The van der Waals surface area contributed by atoms with Crippen LogP contribution >= 0.6 is 0 Å². The number of ether oxygens (including phenoxy) is 2. The van der Waals surface area contributed by atoms with E-state index in [0.29, 0.717) is 48.9 Å². The summed E-state index contributed by atoms with van der Waals surface area (Å²) in [6.45, 7) is 5.38. The molecule has 2 aromatic carbocycles. The highest BCUT2D eigenvalue weighted by molar-refractivity contribution is 6.03. The van der Waals surface area contributed by atoms with Crippen molar-refractivity contribution in [3.8, 4) is 35.4 Å². The first-order valence-corrected chi connectivity index (χ1v) is 15.8. The van der Waals surface area contributed by atoms with Gasteiger partial charge in [0.25, 0.3) is 0 Å². The summed E-state index contributed by atoms with van der Waals surface area (Å²) in [7, 11) is 2.18. The number of phenolic OH excluding ortho intramolecular Hbond substituents is 1. The lowest BCUT2D eigenvalue weighted by atomic mass is 9.76. The van der Waals surface area contributed by atoms with Gasteiger partial charge in [0, 0.05) is 48.3 Å². The Hall–Kier alpha value is -4.07. The summed E-state index contributed by atoms with van der Waals surface area (Å²) >= 11 is 0. The fourth-order valence-corrected chi connectivity index (χ4v) is 7.84. The van der Waals surface area contributed by atoms with Crippen LogP contribution in [0, 0.1) is 29.4 Å². The highest BCUT2D eigenvalue weighted by atomic mass is 19.1. The fraction of sp³-hybridized carbons (Fsp3) is 0.457. The molecule has 4 aromatic rings. The number of anilines is 1. The monoisotopic (exact) mass is 613 g/mol. The number of phenols is 1. The van der Waals surface area contributed by atoms with Gasteiger partial charge in [0.05, 0.1) is 23.7 Å². The minimum Gasteiger partial charge on any atom is -0.508 e. The van der Waals surface area contributed by atoms with Gasteiger partial charge in [0.15, 0.2) is 5.82 Å². The fourth-order valence-electron chi connectivity index (χ4n) is 7.84. The van der Waals surface area contributed by atoms with Crippen molar-refractivity contribution in [2.75, 3.05) is 44.8 Å². The highest BCUT2D eigenvalue weighted by Crippen LogP contribution is 2.47. The third kappa shape index (κ3) is 5.22. The molecule has 0 bridgehead atoms. The molecule has 3 fully saturated rings. The van der Waals surface area contributed by atoms with E-state index in [1.165, 1.54) is 30.5 Å². The maximum absolute atomic E-state index is 16.8. The predicted octanol–water partition coefficient (Wildman–Crippen LogP) is 6.07. The Labute approximate surface area is 261 Å². The van der Waals surface area contributed by atoms with Crippen LogP contribution in [0.25, 0.3) is 32.9 Å². The molecule has 2 aromatic heterocycles. The van der Waals surface area contributed by atoms with Crippen molar-refractivity contribution in [2.45, 2.75) is 57.6 Å². The summed E-state index contributed by atoms with van der Waals surface area (Å²) in [5.74, 6) is 1.45. The molecule has 0 spiro atoms. The molecule has 3 aliphatic rings. The summed E-state index contributed by atoms with van der Waals surface area (Å²) in [5, 5.41) is 11.7. The second-order valence-corrected chi connectivity index (χ2v) is 12.8. The lowest BCUT2D eigenvalue weighted by molar-refractivity contribution is 0.0133. The molecule has 1 saturated carbocycles. The number of rotatable bonds is 5. The van der Waals surface area contributed by atoms with Crippen molar-refractivity contribution in [3.05, 3.63) is 47.7 Å². The van der Waals surface area contributed by atoms with Gasteiger partial charge in [0.2, 0.25) is 0 Å². The summed E-state index contributed by atoms with van der Waals surface area (Å²) in [5.41, 5.74) is 0.0900. The van der Waals surface area contributed by atoms with Gasteiger partial charge >= 0.3 is 6.01 Å². The maximum atomic E-state index is 16.8. The van der Waals surface area contributed by atoms with E-state index in [9.17, 15) is 9.50 Å². The summed E-state index contributed by atoms with van der Waals surface area (Å²) < 4.78 is 43.9. The average molecular weight is 614 g/mol. The van der Waals surface area contributed by atoms with Gasteiger partial charge in [-0.3, -0.25) is 4.98 Å². The van der Waals surface area contributed by atoms with Crippen molar-refractivity contribution in [1.82, 2.24) is 19.9 Å². The Morgan fingerprint density at radius 1 is 1.16 bits per heavy atom. The number of terminal acetylenes is 1. The van der Waals surface area contributed by atoms with Crippen LogP contribution in [0.4, 0.5) is 14.6 Å². The Kier molecular flexibility index (Phi) is 7.70. The summed E-state index contributed by atoms with van der Waals surface area (Å²) in [4.78, 5) is 18.5. The molecule has 2 aliphatic heterocycles. The molecule has 2 saturated heterocycles. The Morgan fingerprint density at radius 3 is 2.84 bits per heavy atom. The SMILES string of the molecule is C#Cc1c(F)ccc2cc(O)cc(-c3ncc4c(N5CCCOC(C)C5)nc(OCC56CCCC5N(C)CCC6)nc4c3F)c12. The van der Waals surface area contributed by atoms with Crippen LogP contribution in [0.2, 0.25) is 0 Å². The zero-order valence-electron chi connectivity index (χ0n) is 25.7. The second kappa shape index (κ2) is 11.7. The number of aromatic nitrogens is 3. The first-order chi connectivity index (χ1) is 21.8. The number of likely N-dealkylation sites (tertiary alicyclic amines) is 1. The molecule has 45 heavy (non-hydrogen) atoms. The standard InChI is InChI=1S/C35H37F2N5O3/c1-4-24-27(36)10-9-22-16-23(43)17-25(29(22)24)31-30(37)32-26(18-38-31)33(42-14-7-15-44-21(2)19-42)40-34(39-32)45-20-35-11-5-8-28(35)41(3)13-6-12-35/h1,9-10,16-18,21,28,43H,5-8,11-15,19-20H2,2-3H3. The summed E-state index contributed by atoms with van der Waals surface area (Å²) in [6, 6.07) is 6.10. The largest absolute Gasteiger partial charge is 0.508 e. The summed E-state index contributed by atoms with van der Waals surface area (Å²) in [6.07, 6.45) is 13.5. The Bertz CT molecular complexity index is 1830. The van der Waals surface area contributed by atoms with E-state index >= 15 is 4.39 Å². The molecule has 7 rings (SSSR count). The minimum absolute atomic E-state index is 0.00850. The molecular formula is C35H37F2N5O3. The number of fused-ring (bicyclic) bond motifs is 3. The van der Waals surface area contributed by atoms with E-state index in [1.54, 1.807) is 0 Å². The number of pyridine rings is 1. The topological polar surface area (TPSA) is 83.8 Å². The van der Waals surface area contributed by atoms with Gasteiger partial charge in [-0.15, -0.1) is 6.42 Å². The van der Waals surface area contributed by atoms with Crippen LogP contribution in [-0.4, -0.2) is 77.0 Å². The number of nitrogens with zero attached hydrogens (tertiary/aromatic N) is 5. The van der Waals surface area contributed by atoms with Crippen molar-refractivity contribution < 1.29 is 23.4 Å². The molecule has 3 unspecified atom stereocenters. The lowest BCUT2D eigenvalue weighted by Crippen LogP contribution is -2.50. The van der Waals surface area contributed by atoms with Crippen LogP contribution in [0.5, 0.6) is 11.8 Å². The van der Waals surface area contributed by atoms with Gasteiger partial charge in [-0.1, -0.05) is 18.4 Å². The molecule has 234 valence electrons. The zero-order valence-corrected chi connectivity index (χ0v) is 25.7. The lowest BCUT2D eigenvalue weighted by Gasteiger charge is -2.44. The van der Waals surface area contributed by atoms with Gasteiger partial charge in [0.1, 0.15) is 28.6 Å². The third-order valence-corrected chi connectivity index (χ3v) is 9.91. The van der Waals surface area contributed by atoms with Crippen molar-refractivity contribution in [2.24, 2.45) is 5.41 Å². The van der Waals surface area contributed by atoms with Gasteiger partial charge in [-0.25, -0.2) is 8.78 Å². The van der Waals surface area contributed by atoms with Crippen molar-refractivity contribution in [1.29, 1.82) is 0 Å². The van der Waals surface area contributed by atoms with E-state index in [-0.39, 0.29) is 51.0 Å². The number of hydrogen-bond donors (Lipinski definition) is 1. The number of benzene rings is 2. The average Bonchev–Trinajstić information content (AvgIpc) is 3.35. The maximum Gasteiger partial charge on any atom is 0.319 e. The molecule has 1 aliphatic carbocycles. The molecular weight excluding hydrogens is 576 g/mol. The zero-order chi connectivity index (χ0) is 31.3. The third-order valence-electron chi connectivity index (χ3n) is 9.91.